The Balaban J connectivity index is 1.60. The van der Waals surface area contributed by atoms with Crippen molar-refractivity contribution < 1.29 is 14.3 Å². The number of piperazine rings is 1. The third-order valence-corrected chi connectivity index (χ3v) is 9.28. The minimum Gasteiger partial charge on any atom is -0.381 e. The molecular formula is C34H53N5O3. The fraction of sp³-hybridized carbons (Fsp3) is 0.706. The summed E-state index contributed by atoms with van der Waals surface area (Å²) < 4.78 is 5.65. The van der Waals surface area contributed by atoms with E-state index in [2.05, 4.69) is 85.2 Å². The molecule has 0 saturated carbocycles. The standard InChI is InChI=1S/C34H53N5O3/c1-8-39(28-11-14-42-15-12-28)32-18-27(10-9-13-38-20-24(5)36-25(6)21-38)17-30(26(32)7)33(40)35-19-31-29(22(2)3)16-23(4)37-34(31)41/h17-18,22-25,28-29,31,36H,8,11-16,19-21H2,1-7H3,(H,35,40)(H,37,41)/t23?,24-,25+,29?,31?. The van der Waals surface area contributed by atoms with Gasteiger partial charge >= 0.3 is 0 Å². The molecule has 4 rings (SSSR count). The van der Waals surface area contributed by atoms with E-state index in [0.29, 0.717) is 42.7 Å². The molecule has 3 N–H and O–H groups in total. The first-order valence-corrected chi connectivity index (χ1v) is 16.1. The summed E-state index contributed by atoms with van der Waals surface area (Å²) in [5, 5.41) is 9.81. The maximum atomic E-state index is 13.8. The minimum atomic E-state index is -0.230. The third-order valence-electron chi connectivity index (χ3n) is 9.28. The molecule has 3 fully saturated rings. The van der Waals surface area contributed by atoms with E-state index < -0.39 is 0 Å². The predicted molar refractivity (Wildman–Crippen MR) is 170 cm³/mol. The molecule has 0 aliphatic carbocycles. The van der Waals surface area contributed by atoms with Gasteiger partial charge in [0.1, 0.15) is 0 Å². The van der Waals surface area contributed by atoms with E-state index in [4.69, 9.17) is 4.74 Å². The second-order valence-corrected chi connectivity index (χ2v) is 13.1. The Bertz CT molecular complexity index is 1140. The molecular weight excluding hydrogens is 526 g/mol. The first kappa shape index (κ1) is 32.3. The lowest BCUT2D eigenvalue weighted by Gasteiger charge is -2.37. The van der Waals surface area contributed by atoms with Crippen LogP contribution in [0, 0.1) is 36.5 Å². The van der Waals surface area contributed by atoms with Crippen LogP contribution in [0.5, 0.6) is 0 Å². The van der Waals surface area contributed by atoms with Crippen molar-refractivity contribution in [3.63, 3.8) is 0 Å². The van der Waals surface area contributed by atoms with Crippen molar-refractivity contribution in [3.05, 3.63) is 28.8 Å². The molecule has 42 heavy (non-hydrogen) atoms. The molecule has 3 heterocycles. The maximum Gasteiger partial charge on any atom is 0.251 e. The Labute approximate surface area is 253 Å². The molecule has 3 aliphatic heterocycles. The van der Waals surface area contributed by atoms with Gasteiger partial charge in [0.2, 0.25) is 5.91 Å². The van der Waals surface area contributed by atoms with E-state index in [0.717, 1.165) is 68.9 Å². The molecule has 3 aliphatic rings. The van der Waals surface area contributed by atoms with Gasteiger partial charge in [-0.25, -0.2) is 0 Å². The van der Waals surface area contributed by atoms with Gasteiger partial charge in [0.25, 0.3) is 5.91 Å². The lowest BCUT2D eigenvalue weighted by molar-refractivity contribution is -0.130. The Morgan fingerprint density at radius 3 is 2.48 bits per heavy atom. The molecule has 1 aromatic rings. The van der Waals surface area contributed by atoms with E-state index in [9.17, 15) is 9.59 Å². The van der Waals surface area contributed by atoms with Crippen LogP contribution in [0.2, 0.25) is 0 Å². The van der Waals surface area contributed by atoms with E-state index in [1.54, 1.807) is 0 Å². The Morgan fingerprint density at radius 1 is 1.14 bits per heavy atom. The van der Waals surface area contributed by atoms with Crippen molar-refractivity contribution in [2.24, 2.45) is 17.8 Å². The summed E-state index contributed by atoms with van der Waals surface area (Å²) in [6.07, 6.45) is 2.87. The van der Waals surface area contributed by atoms with Gasteiger partial charge < -0.3 is 25.6 Å². The Morgan fingerprint density at radius 2 is 1.83 bits per heavy atom. The Kier molecular flexibility index (Phi) is 11.3. The van der Waals surface area contributed by atoms with Crippen LogP contribution < -0.4 is 20.9 Å². The van der Waals surface area contributed by atoms with Crippen molar-refractivity contribution >= 4 is 17.5 Å². The molecule has 0 radical (unpaired) electrons. The van der Waals surface area contributed by atoms with Gasteiger partial charge in [-0.15, -0.1) is 0 Å². The lowest BCUT2D eigenvalue weighted by atomic mass is 9.76. The van der Waals surface area contributed by atoms with Gasteiger partial charge in [-0.3, -0.25) is 14.5 Å². The zero-order valence-corrected chi connectivity index (χ0v) is 26.9. The van der Waals surface area contributed by atoms with E-state index in [-0.39, 0.29) is 29.7 Å². The number of nitrogens with one attached hydrogen (secondary N) is 3. The highest BCUT2D eigenvalue weighted by molar-refractivity contribution is 5.98. The zero-order valence-electron chi connectivity index (χ0n) is 26.9. The van der Waals surface area contributed by atoms with Crippen LogP contribution >= 0.6 is 0 Å². The SMILES string of the molecule is CCN(c1cc(C#CCN2C[C@@H](C)N[C@@H](C)C2)cc(C(=O)NCC2C(=O)NC(C)CC2C(C)C)c1C)C1CCOCC1. The number of hydrogen-bond acceptors (Lipinski definition) is 6. The molecule has 8 heteroatoms. The topological polar surface area (TPSA) is 85.9 Å². The summed E-state index contributed by atoms with van der Waals surface area (Å²) >= 11 is 0. The monoisotopic (exact) mass is 579 g/mol. The summed E-state index contributed by atoms with van der Waals surface area (Å²) in [4.78, 5) is 31.5. The summed E-state index contributed by atoms with van der Waals surface area (Å²) in [5.41, 5.74) is 3.51. The smallest absolute Gasteiger partial charge is 0.251 e. The van der Waals surface area contributed by atoms with Gasteiger partial charge in [0, 0.05) is 80.4 Å². The quantitative estimate of drug-likeness (QED) is 0.409. The van der Waals surface area contributed by atoms with E-state index >= 15 is 0 Å². The van der Waals surface area contributed by atoms with Crippen LogP contribution in [0.4, 0.5) is 5.69 Å². The largest absolute Gasteiger partial charge is 0.381 e. The van der Waals surface area contributed by atoms with Gasteiger partial charge in [-0.2, -0.15) is 0 Å². The highest BCUT2D eigenvalue weighted by atomic mass is 16.5. The number of carbonyl (C=O) groups is 2. The van der Waals surface area contributed by atoms with Crippen molar-refractivity contribution in [1.82, 2.24) is 20.9 Å². The number of ether oxygens (including phenoxy) is 1. The number of piperidine rings is 1. The van der Waals surface area contributed by atoms with Crippen LogP contribution in [0.1, 0.15) is 82.3 Å². The minimum absolute atomic E-state index is 0.0398. The third kappa shape index (κ3) is 8.06. The Hall–Kier alpha value is -2.60. The second-order valence-electron chi connectivity index (χ2n) is 13.1. The van der Waals surface area contributed by atoms with Gasteiger partial charge in [0.05, 0.1) is 12.5 Å². The normalized spacial score (nSPS) is 27.2. The molecule has 2 amide bonds. The van der Waals surface area contributed by atoms with Crippen LogP contribution in [-0.4, -0.2) is 86.8 Å². The van der Waals surface area contributed by atoms with E-state index in [1.165, 1.54) is 0 Å². The van der Waals surface area contributed by atoms with Gasteiger partial charge in [0.15, 0.2) is 0 Å². The van der Waals surface area contributed by atoms with Crippen molar-refractivity contribution in [2.75, 3.05) is 50.8 Å². The summed E-state index contributed by atoms with van der Waals surface area (Å²) in [7, 11) is 0. The van der Waals surface area contributed by atoms with Crippen molar-refractivity contribution in [1.29, 1.82) is 0 Å². The average molecular weight is 580 g/mol. The van der Waals surface area contributed by atoms with E-state index in [1.807, 2.05) is 13.0 Å². The van der Waals surface area contributed by atoms with Crippen LogP contribution in [0.25, 0.3) is 0 Å². The predicted octanol–water partition coefficient (Wildman–Crippen LogP) is 3.56. The first-order chi connectivity index (χ1) is 20.1. The lowest BCUT2D eigenvalue weighted by Crippen LogP contribution is -2.54. The molecule has 3 unspecified atom stereocenters. The molecule has 8 nitrogen and oxygen atoms in total. The van der Waals surface area contributed by atoms with Crippen molar-refractivity contribution in [2.45, 2.75) is 91.9 Å². The summed E-state index contributed by atoms with van der Waals surface area (Å²) in [5.74, 6) is 7.07. The van der Waals surface area contributed by atoms with Crippen LogP contribution in [-0.2, 0) is 9.53 Å². The zero-order chi connectivity index (χ0) is 30.4. The molecule has 0 bridgehead atoms. The molecule has 5 atom stereocenters. The number of nitrogens with zero attached hydrogens (tertiary/aromatic N) is 2. The number of anilines is 1. The molecule has 1 aromatic carbocycles. The summed E-state index contributed by atoms with van der Waals surface area (Å²) in [6, 6.07) is 5.51. The van der Waals surface area contributed by atoms with Crippen LogP contribution in [0.3, 0.4) is 0 Å². The van der Waals surface area contributed by atoms with Crippen molar-refractivity contribution in [3.8, 4) is 11.8 Å². The van der Waals surface area contributed by atoms with Gasteiger partial charge in [-0.1, -0.05) is 25.7 Å². The average Bonchev–Trinajstić information content (AvgIpc) is 2.94. The fourth-order valence-electron chi connectivity index (χ4n) is 7.20. The second kappa shape index (κ2) is 14.7. The number of rotatable bonds is 8. The number of hydrogen-bond donors (Lipinski definition) is 3. The van der Waals surface area contributed by atoms with Crippen LogP contribution in [0.15, 0.2) is 12.1 Å². The number of benzene rings is 1. The first-order valence-electron chi connectivity index (χ1n) is 16.1. The molecule has 3 saturated heterocycles. The highest BCUT2D eigenvalue weighted by Gasteiger charge is 2.37. The fourth-order valence-corrected chi connectivity index (χ4v) is 7.20. The summed E-state index contributed by atoms with van der Waals surface area (Å²) in [6.45, 7) is 20.4. The molecule has 0 spiro atoms. The molecule has 0 aromatic heterocycles. The molecule has 232 valence electrons. The van der Waals surface area contributed by atoms with Gasteiger partial charge in [-0.05, 0) is 83.4 Å². The number of amides is 2. The number of carbonyl (C=O) groups excluding carboxylic acids is 2. The highest BCUT2D eigenvalue weighted by Crippen LogP contribution is 2.31. The maximum absolute atomic E-state index is 13.8.